The van der Waals surface area contributed by atoms with E-state index in [9.17, 15) is 14.4 Å². The van der Waals surface area contributed by atoms with E-state index in [2.05, 4.69) is 15.2 Å². The fourth-order valence-electron chi connectivity index (χ4n) is 2.71. The smallest absolute Gasteiger partial charge is 0.348 e. The first-order valence-electron chi connectivity index (χ1n) is 9.05. The number of aromatic nitrogens is 2. The molecule has 1 N–H and O–H groups in total. The van der Waals surface area contributed by atoms with Gasteiger partial charge in [-0.3, -0.25) is 9.59 Å². The van der Waals surface area contributed by atoms with Gasteiger partial charge in [0.1, 0.15) is 9.71 Å². The molecule has 0 saturated carbocycles. The van der Waals surface area contributed by atoms with Crippen LogP contribution in [0.1, 0.15) is 28.2 Å². The molecule has 29 heavy (non-hydrogen) atoms. The summed E-state index contributed by atoms with van der Waals surface area (Å²) < 4.78 is 11.4. The average molecular weight is 415 g/mol. The van der Waals surface area contributed by atoms with Crippen molar-refractivity contribution in [2.75, 3.05) is 20.3 Å². The van der Waals surface area contributed by atoms with Crippen LogP contribution in [0.2, 0.25) is 0 Å². The van der Waals surface area contributed by atoms with Gasteiger partial charge in [0.05, 0.1) is 18.5 Å². The highest BCUT2D eigenvalue weighted by Crippen LogP contribution is 2.30. The van der Waals surface area contributed by atoms with Gasteiger partial charge in [0, 0.05) is 18.4 Å². The van der Waals surface area contributed by atoms with Gasteiger partial charge in [-0.25, -0.2) is 9.48 Å². The van der Waals surface area contributed by atoms with Gasteiger partial charge >= 0.3 is 11.9 Å². The van der Waals surface area contributed by atoms with Crippen LogP contribution in [0, 0.1) is 6.92 Å². The number of hydrogen-bond donors (Lipinski definition) is 1. The summed E-state index contributed by atoms with van der Waals surface area (Å²) in [6.45, 7) is 1.81. The second-order valence-electron chi connectivity index (χ2n) is 6.27. The zero-order chi connectivity index (χ0) is 20.8. The Balaban J connectivity index is 1.59. The van der Waals surface area contributed by atoms with Crippen LogP contribution in [-0.4, -0.2) is 47.9 Å². The number of esters is 2. The Morgan fingerprint density at radius 1 is 1.21 bits per heavy atom. The summed E-state index contributed by atoms with van der Waals surface area (Å²) in [5.41, 5.74) is 1.71. The molecule has 1 aromatic carbocycles. The maximum Gasteiger partial charge on any atom is 0.348 e. The summed E-state index contributed by atoms with van der Waals surface area (Å²) in [5.74, 6) is -1.31. The molecule has 0 saturated heterocycles. The molecule has 0 atom stereocenters. The lowest BCUT2D eigenvalue weighted by Gasteiger charge is -2.05. The Morgan fingerprint density at radius 3 is 2.69 bits per heavy atom. The van der Waals surface area contributed by atoms with Crippen LogP contribution in [0.5, 0.6) is 0 Å². The summed E-state index contributed by atoms with van der Waals surface area (Å²) in [6.07, 6.45) is 0.675. The molecule has 3 aromatic rings. The predicted octanol–water partition coefficient (Wildman–Crippen LogP) is 2.62. The minimum Gasteiger partial charge on any atom is -0.469 e. The Bertz CT molecular complexity index is 1030. The lowest BCUT2D eigenvalue weighted by molar-refractivity contribution is -0.140. The van der Waals surface area contributed by atoms with E-state index in [0.717, 1.165) is 21.6 Å². The first-order chi connectivity index (χ1) is 14.0. The largest absolute Gasteiger partial charge is 0.469 e. The molecular weight excluding hydrogens is 394 g/mol. The molecule has 0 radical (unpaired) electrons. The number of rotatable bonds is 8. The van der Waals surface area contributed by atoms with E-state index in [1.807, 2.05) is 37.3 Å². The highest BCUT2D eigenvalue weighted by Gasteiger charge is 2.18. The number of aryl methyl sites for hydroxylation is 1. The third-order valence-electron chi connectivity index (χ3n) is 4.19. The minimum absolute atomic E-state index is 0.218. The summed E-state index contributed by atoms with van der Waals surface area (Å²) in [5, 5.41) is 8.00. The monoisotopic (exact) mass is 415 g/mol. The van der Waals surface area contributed by atoms with E-state index < -0.39 is 11.9 Å². The molecule has 0 aliphatic rings. The molecule has 1 amide bonds. The van der Waals surface area contributed by atoms with E-state index in [-0.39, 0.29) is 19.0 Å². The minimum atomic E-state index is -0.560. The summed E-state index contributed by atoms with van der Waals surface area (Å²) in [6, 6.07) is 11.4. The van der Waals surface area contributed by atoms with Crippen molar-refractivity contribution in [3.63, 3.8) is 0 Å². The van der Waals surface area contributed by atoms with Crippen LogP contribution in [0.25, 0.3) is 15.9 Å². The Morgan fingerprint density at radius 2 is 1.97 bits per heavy atom. The van der Waals surface area contributed by atoms with E-state index in [0.29, 0.717) is 17.8 Å². The molecule has 152 valence electrons. The van der Waals surface area contributed by atoms with Gasteiger partial charge < -0.3 is 14.8 Å². The van der Waals surface area contributed by atoms with E-state index in [4.69, 9.17) is 4.74 Å². The van der Waals surface area contributed by atoms with Crippen LogP contribution in [-0.2, 0) is 19.1 Å². The number of amides is 1. The number of nitrogens with one attached hydrogen (secondary N) is 1. The maximum absolute atomic E-state index is 12.4. The number of carbonyl (C=O) groups is 3. The first-order valence-corrected chi connectivity index (χ1v) is 9.86. The van der Waals surface area contributed by atoms with E-state index in [1.165, 1.54) is 18.4 Å². The summed E-state index contributed by atoms with van der Waals surface area (Å²) >= 11 is 1.27. The van der Waals surface area contributed by atoms with Gasteiger partial charge in [-0.2, -0.15) is 5.10 Å². The van der Waals surface area contributed by atoms with Gasteiger partial charge in [0.2, 0.25) is 0 Å². The maximum atomic E-state index is 12.4. The van der Waals surface area contributed by atoms with Crippen LogP contribution >= 0.6 is 11.3 Å². The molecule has 2 heterocycles. The fraction of sp³-hybridized carbons (Fsp3) is 0.300. The van der Waals surface area contributed by atoms with E-state index >= 15 is 0 Å². The van der Waals surface area contributed by atoms with Crippen LogP contribution < -0.4 is 5.32 Å². The highest BCUT2D eigenvalue weighted by atomic mass is 32.1. The highest BCUT2D eigenvalue weighted by molar-refractivity contribution is 7.20. The number of hydrogen-bond acceptors (Lipinski definition) is 7. The number of benzene rings is 1. The van der Waals surface area contributed by atoms with E-state index in [1.54, 1.807) is 10.7 Å². The van der Waals surface area contributed by atoms with Crippen molar-refractivity contribution in [1.82, 2.24) is 15.1 Å². The third kappa shape index (κ3) is 5.00. The van der Waals surface area contributed by atoms with Gasteiger partial charge in [0.25, 0.3) is 5.91 Å². The van der Waals surface area contributed by atoms with Crippen molar-refractivity contribution in [2.24, 2.45) is 0 Å². The average Bonchev–Trinajstić information content (AvgIpc) is 3.30. The molecule has 0 spiro atoms. The molecule has 0 unspecified atom stereocenters. The number of ether oxygens (including phenoxy) is 2. The van der Waals surface area contributed by atoms with Crippen molar-refractivity contribution < 1.29 is 23.9 Å². The normalized spacial score (nSPS) is 10.7. The van der Waals surface area contributed by atoms with Gasteiger partial charge in [-0.1, -0.05) is 18.2 Å². The fourth-order valence-corrected chi connectivity index (χ4v) is 3.78. The number of methoxy groups -OCH3 is 1. The molecule has 3 rings (SSSR count). The standard InChI is InChI=1S/C20H21N3O5S/c1-13-15-11-16(29-19(15)23(22-13)14-7-4-3-5-8-14)20(26)28-12-17(24)21-10-6-9-18(25)27-2/h3-5,7-8,11H,6,9-10,12H2,1-2H3,(H,21,24). The second kappa shape index (κ2) is 9.33. The van der Waals surface area contributed by atoms with Crippen LogP contribution in [0.3, 0.4) is 0 Å². The molecule has 0 fully saturated rings. The Labute approximate surface area is 171 Å². The first kappa shape index (κ1) is 20.5. The molecule has 0 bridgehead atoms. The van der Waals surface area contributed by atoms with Crippen molar-refractivity contribution in [3.05, 3.63) is 47.0 Å². The van der Waals surface area contributed by atoms with Gasteiger partial charge in [0.15, 0.2) is 6.61 Å². The lowest BCUT2D eigenvalue weighted by Crippen LogP contribution is -2.29. The molecule has 0 aliphatic heterocycles. The molecule has 8 nitrogen and oxygen atoms in total. The molecule has 9 heteroatoms. The summed E-state index contributed by atoms with van der Waals surface area (Å²) in [7, 11) is 1.31. The van der Waals surface area contributed by atoms with Crippen molar-refractivity contribution >= 4 is 39.4 Å². The van der Waals surface area contributed by atoms with Gasteiger partial charge in [-0.15, -0.1) is 11.3 Å². The summed E-state index contributed by atoms with van der Waals surface area (Å²) in [4.78, 5) is 36.4. The number of thiophene rings is 1. The number of nitrogens with zero attached hydrogens (tertiary/aromatic N) is 2. The van der Waals surface area contributed by atoms with Crippen molar-refractivity contribution in [2.45, 2.75) is 19.8 Å². The number of fused-ring (bicyclic) bond motifs is 1. The van der Waals surface area contributed by atoms with Gasteiger partial charge in [-0.05, 0) is 31.5 Å². The Kier molecular flexibility index (Phi) is 6.61. The second-order valence-corrected chi connectivity index (χ2v) is 7.30. The zero-order valence-corrected chi connectivity index (χ0v) is 17.0. The van der Waals surface area contributed by atoms with Crippen LogP contribution in [0.15, 0.2) is 36.4 Å². The van der Waals surface area contributed by atoms with Crippen LogP contribution in [0.4, 0.5) is 0 Å². The van der Waals surface area contributed by atoms with Crippen molar-refractivity contribution in [3.8, 4) is 5.69 Å². The SMILES string of the molecule is COC(=O)CCCNC(=O)COC(=O)c1cc2c(C)nn(-c3ccccc3)c2s1. The number of carbonyl (C=O) groups excluding carboxylic acids is 3. The number of para-hydroxylation sites is 1. The zero-order valence-electron chi connectivity index (χ0n) is 16.1. The predicted molar refractivity (Wildman–Crippen MR) is 108 cm³/mol. The quantitative estimate of drug-likeness (QED) is 0.448. The molecule has 2 aromatic heterocycles. The molecular formula is C20H21N3O5S. The topological polar surface area (TPSA) is 99.5 Å². The Hall–Kier alpha value is -3.20. The molecule has 0 aliphatic carbocycles. The lowest BCUT2D eigenvalue weighted by atomic mass is 10.3. The third-order valence-corrected chi connectivity index (χ3v) is 5.28. The van der Waals surface area contributed by atoms with Crippen molar-refractivity contribution in [1.29, 1.82) is 0 Å².